The van der Waals surface area contributed by atoms with Crippen LogP contribution in [0.5, 0.6) is 0 Å². The van der Waals surface area contributed by atoms with Gasteiger partial charge in [0, 0.05) is 23.1 Å². The third-order valence-electron chi connectivity index (χ3n) is 4.30. The monoisotopic (exact) mass is 452 g/mol. The average Bonchev–Trinajstić information content (AvgIpc) is 3.37. The summed E-state index contributed by atoms with van der Waals surface area (Å²) in [4.78, 5) is 16.8. The first-order chi connectivity index (χ1) is 13.6. The van der Waals surface area contributed by atoms with Gasteiger partial charge in [0.1, 0.15) is 5.01 Å². The summed E-state index contributed by atoms with van der Waals surface area (Å²) in [6.45, 7) is 2.51. The Morgan fingerprint density at radius 1 is 1.04 bits per heavy atom. The van der Waals surface area contributed by atoms with Crippen LogP contribution in [0.25, 0.3) is 21.8 Å². The van der Waals surface area contributed by atoms with Crippen LogP contribution in [-0.4, -0.2) is 10.9 Å². The highest BCUT2D eigenvalue weighted by molar-refractivity contribution is 9.10. The second-order valence-corrected chi connectivity index (χ2v) is 8.03. The molecule has 0 saturated carbocycles. The zero-order chi connectivity index (χ0) is 19.5. The van der Waals surface area contributed by atoms with Gasteiger partial charge in [0.2, 0.25) is 0 Å². The van der Waals surface area contributed by atoms with Crippen LogP contribution < -0.4 is 5.32 Å². The minimum Gasteiger partial charge on any atom is -0.444 e. The minimum atomic E-state index is -0.238. The topological polar surface area (TPSA) is 55.1 Å². The zero-order valence-electron chi connectivity index (χ0n) is 15.1. The van der Waals surface area contributed by atoms with E-state index in [0.29, 0.717) is 11.2 Å². The molecule has 28 heavy (non-hydrogen) atoms. The summed E-state index contributed by atoms with van der Waals surface area (Å²) in [5.74, 6) is 0.0485. The number of amides is 1. The molecule has 0 radical (unpaired) electrons. The lowest BCUT2D eigenvalue weighted by molar-refractivity contribution is 0.0922. The van der Waals surface area contributed by atoms with Crippen LogP contribution in [0.3, 0.4) is 0 Å². The SMILES string of the molecule is Cc1ccc(-c2csc(-c3ccc(CNC(=O)c4ccc(Br)o4)cc3)n2)cc1. The first kappa shape index (κ1) is 18.7. The van der Waals surface area contributed by atoms with Crippen molar-refractivity contribution in [3.8, 4) is 21.8 Å². The Morgan fingerprint density at radius 2 is 1.75 bits per heavy atom. The van der Waals surface area contributed by atoms with Crippen LogP contribution in [0.4, 0.5) is 0 Å². The fourth-order valence-corrected chi connectivity index (χ4v) is 3.88. The van der Waals surface area contributed by atoms with Crippen molar-refractivity contribution in [2.75, 3.05) is 0 Å². The molecule has 6 heteroatoms. The smallest absolute Gasteiger partial charge is 0.287 e. The van der Waals surface area contributed by atoms with Crippen molar-refractivity contribution in [3.63, 3.8) is 0 Å². The molecule has 2 aromatic heterocycles. The predicted octanol–water partition coefficient (Wildman–Crippen LogP) is 6.07. The van der Waals surface area contributed by atoms with Crippen molar-refractivity contribution in [3.05, 3.63) is 87.6 Å². The van der Waals surface area contributed by atoms with Gasteiger partial charge in [0.25, 0.3) is 5.91 Å². The number of carbonyl (C=O) groups excluding carboxylic acids is 1. The Labute approximate surface area is 175 Å². The van der Waals surface area contributed by atoms with E-state index in [1.165, 1.54) is 5.56 Å². The number of hydrogen-bond donors (Lipinski definition) is 1. The highest BCUT2D eigenvalue weighted by atomic mass is 79.9. The minimum absolute atomic E-state index is 0.238. The fourth-order valence-electron chi connectivity index (χ4n) is 2.73. The first-order valence-corrected chi connectivity index (χ1v) is 10.4. The second kappa shape index (κ2) is 8.12. The van der Waals surface area contributed by atoms with E-state index in [9.17, 15) is 4.79 Å². The zero-order valence-corrected chi connectivity index (χ0v) is 17.5. The largest absolute Gasteiger partial charge is 0.444 e. The van der Waals surface area contributed by atoms with Gasteiger partial charge in [0.05, 0.1) is 5.69 Å². The van der Waals surface area contributed by atoms with Gasteiger partial charge in [-0.2, -0.15) is 0 Å². The van der Waals surface area contributed by atoms with E-state index in [2.05, 4.69) is 57.8 Å². The maximum absolute atomic E-state index is 12.0. The molecule has 0 fully saturated rings. The molecule has 2 heterocycles. The van der Waals surface area contributed by atoms with E-state index in [1.807, 2.05) is 24.3 Å². The van der Waals surface area contributed by atoms with Gasteiger partial charge in [-0.05, 0) is 40.5 Å². The third-order valence-corrected chi connectivity index (χ3v) is 5.62. The Hall–Kier alpha value is -2.70. The number of carbonyl (C=O) groups is 1. The van der Waals surface area contributed by atoms with E-state index in [-0.39, 0.29) is 11.7 Å². The van der Waals surface area contributed by atoms with Crippen molar-refractivity contribution in [1.29, 1.82) is 0 Å². The molecule has 0 atom stereocenters. The maximum atomic E-state index is 12.0. The van der Waals surface area contributed by atoms with Gasteiger partial charge in [-0.25, -0.2) is 4.98 Å². The first-order valence-electron chi connectivity index (χ1n) is 8.74. The molecular formula is C22H17BrN2O2S. The van der Waals surface area contributed by atoms with Gasteiger partial charge in [0.15, 0.2) is 10.4 Å². The van der Waals surface area contributed by atoms with Crippen LogP contribution in [0, 0.1) is 6.92 Å². The van der Waals surface area contributed by atoms with Crippen molar-refractivity contribution < 1.29 is 9.21 Å². The number of halogens is 1. The highest BCUT2D eigenvalue weighted by Crippen LogP contribution is 2.29. The molecule has 0 unspecified atom stereocenters. The quantitative estimate of drug-likeness (QED) is 0.399. The van der Waals surface area contributed by atoms with Crippen LogP contribution in [-0.2, 0) is 6.54 Å². The van der Waals surface area contributed by atoms with E-state index < -0.39 is 0 Å². The lowest BCUT2D eigenvalue weighted by Gasteiger charge is -2.04. The fraction of sp³-hybridized carbons (Fsp3) is 0.0909. The van der Waals surface area contributed by atoms with Crippen molar-refractivity contribution >= 4 is 33.2 Å². The normalized spacial score (nSPS) is 10.8. The number of benzene rings is 2. The second-order valence-electron chi connectivity index (χ2n) is 6.39. The van der Waals surface area contributed by atoms with E-state index in [4.69, 9.17) is 9.40 Å². The van der Waals surface area contributed by atoms with Gasteiger partial charge < -0.3 is 9.73 Å². The van der Waals surface area contributed by atoms with Crippen LogP contribution in [0.1, 0.15) is 21.7 Å². The number of nitrogens with one attached hydrogen (secondary N) is 1. The van der Waals surface area contributed by atoms with E-state index in [0.717, 1.165) is 27.4 Å². The number of furan rings is 1. The summed E-state index contributed by atoms with van der Waals surface area (Å²) < 4.78 is 5.79. The van der Waals surface area contributed by atoms with E-state index >= 15 is 0 Å². The molecule has 1 amide bonds. The van der Waals surface area contributed by atoms with E-state index in [1.54, 1.807) is 23.5 Å². The summed E-state index contributed by atoms with van der Waals surface area (Å²) >= 11 is 4.82. The Balaban J connectivity index is 1.42. The lowest BCUT2D eigenvalue weighted by Crippen LogP contribution is -2.22. The molecule has 4 nitrogen and oxygen atoms in total. The standard InChI is InChI=1S/C22H17BrN2O2S/c1-14-2-6-16(7-3-14)18-13-28-22(25-18)17-8-4-15(5-9-17)12-24-21(26)19-10-11-20(23)27-19/h2-11,13H,12H2,1H3,(H,24,26). The molecule has 0 aliphatic heterocycles. The summed E-state index contributed by atoms with van der Waals surface area (Å²) in [7, 11) is 0. The number of rotatable bonds is 5. The Kier molecular flexibility index (Phi) is 5.41. The van der Waals surface area contributed by atoms with Gasteiger partial charge in [-0.15, -0.1) is 11.3 Å². The summed E-state index contributed by atoms with van der Waals surface area (Å²) in [5.41, 5.74) is 5.42. The van der Waals surface area contributed by atoms with Gasteiger partial charge >= 0.3 is 0 Å². The number of aryl methyl sites for hydroxylation is 1. The molecule has 140 valence electrons. The van der Waals surface area contributed by atoms with Gasteiger partial charge in [-0.1, -0.05) is 54.1 Å². The lowest BCUT2D eigenvalue weighted by atomic mass is 10.1. The molecule has 2 aromatic carbocycles. The molecule has 0 aliphatic rings. The molecule has 0 bridgehead atoms. The third kappa shape index (κ3) is 4.24. The molecule has 0 spiro atoms. The van der Waals surface area contributed by atoms with Crippen LogP contribution in [0.2, 0.25) is 0 Å². The summed E-state index contributed by atoms with van der Waals surface area (Å²) in [6, 6.07) is 19.8. The average molecular weight is 453 g/mol. The highest BCUT2D eigenvalue weighted by Gasteiger charge is 2.10. The number of aromatic nitrogens is 1. The predicted molar refractivity (Wildman–Crippen MR) is 115 cm³/mol. The molecule has 0 saturated heterocycles. The molecule has 4 aromatic rings. The Bertz CT molecular complexity index is 1100. The summed E-state index contributed by atoms with van der Waals surface area (Å²) in [5, 5.41) is 5.91. The van der Waals surface area contributed by atoms with Crippen molar-refractivity contribution in [1.82, 2.24) is 10.3 Å². The van der Waals surface area contributed by atoms with Crippen molar-refractivity contribution in [2.24, 2.45) is 0 Å². The molecular weight excluding hydrogens is 436 g/mol. The maximum Gasteiger partial charge on any atom is 0.287 e. The molecule has 1 N–H and O–H groups in total. The summed E-state index contributed by atoms with van der Waals surface area (Å²) in [6.07, 6.45) is 0. The Morgan fingerprint density at radius 3 is 2.43 bits per heavy atom. The van der Waals surface area contributed by atoms with Crippen molar-refractivity contribution in [2.45, 2.75) is 13.5 Å². The molecule has 4 rings (SSSR count). The number of hydrogen-bond acceptors (Lipinski definition) is 4. The number of nitrogens with zero attached hydrogens (tertiary/aromatic N) is 1. The molecule has 0 aliphatic carbocycles. The van der Waals surface area contributed by atoms with Gasteiger partial charge in [-0.3, -0.25) is 4.79 Å². The number of thiazole rings is 1. The van der Waals surface area contributed by atoms with Crippen LogP contribution in [0.15, 0.2) is 75.1 Å². The van der Waals surface area contributed by atoms with Crippen LogP contribution >= 0.6 is 27.3 Å².